The fraction of sp³-hybridized carbons (Fsp3) is 0.542. The molecule has 0 saturated heterocycles. The van der Waals surface area contributed by atoms with Crippen molar-refractivity contribution >= 4 is 23.7 Å². The highest BCUT2D eigenvalue weighted by atomic mass is 32.2. The summed E-state index contributed by atoms with van der Waals surface area (Å²) in [4.78, 5) is 17.6. The molecule has 0 spiro atoms. The number of ether oxygens (including phenoxy) is 2. The van der Waals surface area contributed by atoms with Crippen LogP contribution in [0.3, 0.4) is 0 Å². The van der Waals surface area contributed by atoms with Gasteiger partial charge in [0.05, 0.1) is 18.8 Å². The molecule has 1 unspecified atom stereocenters. The first-order chi connectivity index (χ1) is 15.4. The Labute approximate surface area is 195 Å². The Kier molecular flexibility index (Phi) is 8.61. The van der Waals surface area contributed by atoms with Crippen molar-refractivity contribution in [2.45, 2.75) is 65.1 Å². The molecule has 1 aliphatic rings. The van der Waals surface area contributed by atoms with Crippen LogP contribution >= 0.6 is 11.8 Å². The average molecular weight is 459 g/mol. The van der Waals surface area contributed by atoms with Crippen LogP contribution in [0.15, 0.2) is 40.7 Å². The Bertz CT molecular complexity index is 937. The topological polar surface area (TPSA) is 78.3 Å². The largest absolute Gasteiger partial charge is 0.494 e. The maximum Gasteiger partial charge on any atom is 0.338 e. The quantitative estimate of drug-likeness (QED) is 0.354. The standard InChI is InChI=1S/C24H34N4O3S/c1-6-13-31-22(29)20-17(5)25-23-26-24(32-15-7-2)27-28(23)21(20)18-8-10-19(11-9-18)30-14-12-16(3)4/h8-11,16,21H,6-7,12-15H2,1-5H3,(H,25,26,27). The lowest BCUT2D eigenvalue weighted by Gasteiger charge is -2.28. The lowest BCUT2D eigenvalue weighted by Crippen LogP contribution is -2.29. The van der Waals surface area contributed by atoms with E-state index in [0.717, 1.165) is 42.0 Å². The van der Waals surface area contributed by atoms with Crippen LogP contribution in [0.2, 0.25) is 0 Å². The van der Waals surface area contributed by atoms with Crippen molar-refractivity contribution in [1.29, 1.82) is 0 Å². The molecule has 0 saturated carbocycles. The third kappa shape index (κ3) is 5.85. The molecule has 0 aliphatic carbocycles. The number of esters is 1. The van der Waals surface area contributed by atoms with Crippen LogP contribution in [-0.2, 0) is 9.53 Å². The Balaban J connectivity index is 1.93. The average Bonchev–Trinajstić information content (AvgIpc) is 3.17. The van der Waals surface area contributed by atoms with Crippen LogP contribution in [0.5, 0.6) is 5.75 Å². The number of rotatable bonds is 11. The number of allylic oxidation sites excluding steroid dienone is 1. The fourth-order valence-electron chi connectivity index (χ4n) is 3.39. The Morgan fingerprint density at radius 3 is 2.59 bits per heavy atom. The molecule has 0 fully saturated rings. The molecule has 8 heteroatoms. The normalized spacial score (nSPS) is 15.5. The minimum atomic E-state index is -0.413. The molecule has 1 N–H and O–H groups in total. The predicted molar refractivity (Wildman–Crippen MR) is 128 cm³/mol. The number of thioether (sulfide) groups is 1. The van der Waals surface area contributed by atoms with E-state index in [4.69, 9.17) is 14.6 Å². The smallest absolute Gasteiger partial charge is 0.338 e. The van der Waals surface area contributed by atoms with Crippen LogP contribution in [-0.4, -0.2) is 39.7 Å². The van der Waals surface area contributed by atoms with E-state index < -0.39 is 6.04 Å². The van der Waals surface area contributed by atoms with Crippen LogP contribution in [0.4, 0.5) is 5.95 Å². The lowest BCUT2D eigenvalue weighted by atomic mass is 9.96. The Morgan fingerprint density at radius 1 is 1.19 bits per heavy atom. The molecule has 2 heterocycles. The van der Waals surface area contributed by atoms with E-state index in [2.05, 4.69) is 31.1 Å². The summed E-state index contributed by atoms with van der Waals surface area (Å²) in [6.07, 6.45) is 2.81. The molecule has 174 valence electrons. The van der Waals surface area contributed by atoms with Crippen molar-refractivity contribution in [2.75, 3.05) is 24.3 Å². The second kappa shape index (κ2) is 11.4. The van der Waals surface area contributed by atoms with Crippen LogP contribution in [0, 0.1) is 5.92 Å². The van der Waals surface area contributed by atoms with Gasteiger partial charge in [0.25, 0.3) is 0 Å². The van der Waals surface area contributed by atoms with Gasteiger partial charge >= 0.3 is 5.97 Å². The summed E-state index contributed by atoms with van der Waals surface area (Å²) >= 11 is 1.61. The molecular weight excluding hydrogens is 424 g/mol. The molecule has 1 aromatic carbocycles. The van der Waals surface area contributed by atoms with Gasteiger partial charge in [-0.05, 0) is 49.8 Å². The molecule has 0 radical (unpaired) electrons. The lowest BCUT2D eigenvalue weighted by molar-refractivity contribution is -0.139. The molecule has 32 heavy (non-hydrogen) atoms. The summed E-state index contributed by atoms with van der Waals surface area (Å²) in [5.74, 6) is 2.66. The number of aromatic nitrogens is 3. The molecule has 3 rings (SSSR count). The Hall–Kier alpha value is -2.48. The van der Waals surface area contributed by atoms with Crippen LogP contribution < -0.4 is 10.1 Å². The monoisotopic (exact) mass is 458 g/mol. The third-order valence-electron chi connectivity index (χ3n) is 5.09. The molecule has 1 aromatic heterocycles. The maximum atomic E-state index is 13.0. The number of carbonyl (C=O) groups is 1. The fourth-order valence-corrected chi connectivity index (χ4v) is 4.07. The highest BCUT2D eigenvalue weighted by molar-refractivity contribution is 7.99. The minimum absolute atomic E-state index is 0.331. The summed E-state index contributed by atoms with van der Waals surface area (Å²) in [6, 6.07) is 7.47. The molecule has 0 bridgehead atoms. The SMILES string of the molecule is CCCOC(=O)C1=C(C)Nc2nc(SCCC)nn2C1c1ccc(OCCC(C)C)cc1. The van der Waals surface area contributed by atoms with Gasteiger partial charge in [-0.2, -0.15) is 4.98 Å². The zero-order chi connectivity index (χ0) is 23.1. The van der Waals surface area contributed by atoms with Gasteiger partial charge in [0.2, 0.25) is 11.1 Å². The predicted octanol–water partition coefficient (Wildman–Crippen LogP) is 5.45. The summed E-state index contributed by atoms with van der Waals surface area (Å²) in [7, 11) is 0. The number of nitrogens with one attached hydrogen (secondary N) is 1. The Morgan fingerprint density at radius 2 is 1.94 bits per heavy atom. The second-order valence-corrected chi connectivity index (χ2v) is 9.38. The highest BCUT2D eigenvalue weighted by Crippen LogP contribution is 2.37. The van der Waals surface area contributed by atoms with Crippen LogP contribution in [0.1, 0.15) is 65.5 Å². The minimum Gasteiger partial charge on any atom is -0.494 e. The molecule has 1 atom stereocenters. The summed E-state index contributed by atoms with van der Waals surface area (Å²) < 4.78 is 13.2. The van der Waals surface area contributed by atoms with E-state index in [0.29, 0.717) is 35.8 Å². The zero-order valence-electron chi connectivity index (χ0n) is 19.7. The van der Waals surface area contributed by atoms with E-state index in [-0.39, 0.29) is 5.97 Å². The van der Waals surface area contributed by atoms with Gasteiger partial charge < -0.3 is 14.8 Å². The molecule has 0 amide bonds. The number of fused-ring (bicyclic) bond motifs is 1. The maximum absolute atomic E-state index is 13.0. The van der Waals surface area contributed by atoms with Gasteiger partial charge in [0.15, 0.2) is 0 Å². The molecule has 1 aliphatic heterocycles. The van der Waals surface area contributed by atoms with E-state index in [9.17, 15) is 4.79 Å². The first-order valence-electron chi connectivity index (χ1n) is 11.4. The number of nitrogens with zero attached hydrogens (tertiary/aromatic N) is 3. The van der Waals surface area contributed by atoms with E-state index in [1.54, 1.807) is 16.4 Å². The van der Waals surface area contributed by atoms with Crippen molar-refractivity contribution in [3.63, 3.8) is 0 Å². The molecule has 7 nitrogen and oxygen atoms in total. The number of hydrogen-bond donors (Lipinski definition) is 1. The number of carbonyl (C=O) groups excluding carboxylic acids is 1. The first-order valence-corrected chi connectivity index (χ1v) is 12.4. The number of anilines is 1. The van der Waals surface area contributed by atoms with Crippen molar-refractivity contribution in [3.05, 3.63) is 41.1 Å². The van der Waals surface area contributed by atoms with Crippen molar-refractivity contribution in [2.24, 2.45) is 5.92 Å². The summed E-state index contributed by atoms with van der Waals surface area (Å²) in [5.41, 5.74) is 2.22. The van der Waals surface area contributed by atoms with Gasteiger partial charge in [-0.1, -0.05) is 51.6 Å². The number of benzene rings is 1. The van der Waals surface area contributed by atoms with Crippen molar-refractivity contribution in [3.8, 4) is 5.75 Å². The van der Waals surface area contributed by atoms with Gasteiger partial charge in [-0.3, -0.25) is 0 Å². The summed E-state index contributed by atoms with van der Waals surface area (Å²) in [5, 5.41) is 8.66. The summed E-state index contributed by atoms with van der Waals surface area (Å²) in [6.45, 7) is 11.4. The zero-order valence-corrected chi connectivity index (χ0v) is 20.5. The van der Waals surface area contributed by atoms with Crippen LogP contribution in [0.25, 0.3) is 0 Å². The number of hydrogen-bond acceptors (Lipinski definition) is 7. The van der Waals surface area contributed by atoms with Gasteiger partial charge in [0, 0.05) is 11.4 Å². The van der Waals surface area contributed by atoms with Crippen molar-refractivity contribution in [1.82, 2.24) is 14.8 Å². The third-order valence-corrected chi connectivity index (χ3v) is 6.13. The molecule has 2 aromatic rings. The van der Waals surface area contributed by atoms with Crippen molar-refractivity contribution < 1.29 is 14.3 Å². The first kappa shape index (κ1) is 24.2. The highest BCUT2D eigenvalue weighted by Gasteiger charge is 2.35. The van der Waals surface area contributed by atoms with Gasteiger partial charge in [-0.15, -0.1) is 5.10 Å². The van der Waals surface area contributed by atoms with Gasteiger partial charge in [-0.25, -0.2) is 9.48 Å². The van der Waals surface area contributed by atoms with E-state index in [1.165, 1.54) is 0 Å². The second-order valence-electron chi connectivity index (χ2n) is 8.31. The molecular formula is C24H34N4O3S. The van der Waals surface area contributed by atoms with E-state index in [1.807, 2.05) is 38.1 Å². The van der Waals surface area contributed by atoms with Gasteiger partial charge in [0.1, 0.15) is 11.8 Å². The van der Waals surface area contributed by atoms with E-state index >= 15 is 0 Å².